The van der Waals surface area contributed by atoms with Crippen LogP contribution in [0.5, 0.6) is 11.6 Å². The molecule has 13 atom stereocenters. The van der Waals surface area contributed by atoms with Gasteiger partial charge in [-0.25, -0.2) is 4.98 Å². The standard InChI is InChI=1S/C85H94N4O4/c1-4-7-23-53(6-3)52-92-80-50-76(86-82(88-80)64-30-14-21-37-78(64)90)56-41-44-63-66-47-54(40-45-73(66)85(75(63)49-56)70-34-18-11-27-60(70)61-28-12-19-35-71(61)85)39-43-57(24-8-5-2)93-81-51-77(87-83(89-81)65-31-15-22-38-79(65)91)55-42-46-74-67(48-55)62-29-13-20-36-72(62)84(74)68-32-16-9-25-58(68)59-26-10-17-33-69(59)84/h9-13,15-16,20,22,25-29,31-32,36,38,40-42,44-45,47,49-51,53,57-58,60,66-68,70,73-74,76,90-91H,4-8,14,17-19,21,23-24,30,33-35,37,39,43,46,48,52H2,1-3H3,(H,86,88). The molecule has 13 unspecified atom stereocenters. The van der Waals surface area contributed by atoms with Crippen molar-refractivity contribution in [2.45, 2.75) is 190 Å². The molecule has 93 heavy (non-hydrogen) atoms. The number of fused-ring (bicyclic) bond motifs is 18. The SMILES string of the molecule is CCCCC(CC)COC1=CC(c2ccc3c(c2)C2(C4=C(C=CCC4)C4C=CCCC42)C2C=CC(CCC(CCCC)Oc4cc(C5=CCC6C(C5)c5ccccc5C65C6=C(C=CCC6)C6C=CC=CC65)nc(-c5ccccc5O)n4)=CC32)NC(C2=C(O)CCCC2)=N1. The smallest absolute Gasteiger partial charge is 0.217 e. The number of rotatable bonds is 19. The van der Waals surface area contributed by atoms with Gasteiger partial charge in [-0.15, -0.1) is 0 Å². The highest BCUT2D eigenvalue weighted by Crippen LogP contribution is 2.71. The molecule has 8 nitrogen and oxygen atoms in total. The zero-order valence-corrected chi connectivity index (χ0v) is 55.0. The third-order valence-electron chi connectivity index (χ3n) is 24.5. The minimum absolute atomic E-state index is 0.0319. The van der Waals surface area contributed by atoms with Gasteiger partial charge in [-0.1, -0.05) is 209 Å². The lowest BCUT2D eigenvalue weighted by Crippen LogP contribution is -2.41. The van der Waals surface area contributed by atoms with Gasteiger partial charge in [0.25, 0.3) is 0 Å². The number of hydrogen-bond donors (Lipinski definition) is 3. The van der Waals surface area contributed by atoms with Crippen molar-refractivity contribution in [2.24, 2.45) is 46.4 Å². The van der Waals surface area contributed by atoms with Crippen LogP contribution in [0.3, 0.4) is 0 Å². The first kappa shape index (κ1) is 60.2. The summed E-state index contributed by atoms with van der Waals surface area (Å²) in [6.07, 6.45) is 58.4. The van der Waals surface area contributed by atoms with Crippen LogP contribution >= 0.6 is 0 Å². The largest absolute Gasteiger partial charge is 0.512 e. The molecular formula is C85H94N4O4. The molecule has 8 heteroatoms. The molecule has 0 saturated carbocycles. The Morgan fingerprint density at radius 3 is 2.31 bits per heavy atom. The monoisotopic (exact) mass is 1230 g/mol. The number of nitrogens with one attached hydrogen (secondary N) is 1. The number of phenolic OH excluding ortho intramolecular Hbond substituents is 1. The fourth-order valence-electron chi connectivity index (χ4n) is 20.3. The van der Waals surface area contributed by atoms with Crippen molar-refractivity contribution in [3.8, 4) is 23.0 Å². The number of nitrogens with zero attached hydrogens (tertiary/aromatic N) is 3. The van der Waals surface area contributed by atoms with Crippen LogP contribution in [0.1, 0.15) is 207 Å². The van der Waals surface area contributed by atoms with E-state index in [1.165, 1.54) is 52.7 Å². The molecular weight excluding hydrogens is 1140 g/mol. The Kier molecular flexibility index (Phi) is 16.3. The molecule has 478 valence electrons. The maximum absolute atomic E-state index is 11.4. The topological polar surface area (TPSA) is 109 Å². The first-order valence-electron chi connectivity index (χ1n) is 36.4. The van der Waals surface area contributed by atoms with Crippen molar-refractivity contribution in [1.82, 2.24) is 15.3 Å². The van der Waals surface area contributed by atoms with Crippen molar-refractivity contribution in [1.29, 1.82) is 0 Å². The highest BCUT2D eigenvalue weighted by atomic mass is 16.5. The van der Waals surface area contributed by atoms with Gasteiger partial charge < -0.3 is 25.0 Å². The number of unbranched alkanes of at least 4 members (excludes halogenated alkanes) is 2. The van der Waals surface area contributed by atoms with Crippen LogP contribution in [0.2, 0.25) is 0 Å². The number of aliphatic imine (C=N–C) groups is 1. The van der Waals surface area contributed by atoms with Crippen molar-refractivity contribution in [2.75, 3.05) is 6.61 Å². The van der Waals surface area contributed by atoms with Gasteiger partial charge in [-0.05, 0) is 177 Å². The van der Waals surface area contributed by atoms with E-state index in [1.54, 1.807) is 33.9 Å². The molecule has 16 rings (SSSR count). The summed E-state index contributed by atoms with van der Waals surface area (Å²) in [5, 5.41) is 26.7. The fourth-order valence-corrected chi connectivity index (χ4v) is 20.3. The van der Waals surface area contributed by atoms with Crippen LogP contribution in [0.4, 0.5) is 0 Å². The summed E-state index contributed by atoms with van der Waals surface area (Å²) in [5.74, 6) is 6.65. The number of aliphatic hydroxyl groups excluding tert-OH is 1. The summed E-state index contributed by atoms with van der Waals surface area (Å²) >= 11 is 0. The van der Waals surface area contributed by atoms with Crippen molar-refractivity contribution >= 4 is 11.4 Å². The number of para-hydroxylation sites is 1. The molecule has 2 heterocycles. The van der Waals surface area contributed by atoms with Crippen molar-refractivity contribution < 1.29 is 19.7 Å². The molecule has 11 aliphatic carbocycles. The molecule has 1 aliphatic heterocycles. The van der Waals surface area contributed by atoms with Gasteiger partial charge >= 0.3 is 0 Å². The van der Waals surface area contributed by atoms with Crippen LogP contribution in [0, 0.1) is 41.4 Å². The van der Waals surface area contributed by atoms with Crippen molar-refractivity contribution in [3.63, 3.8) is 0 Å². The van der Waals surface area contributed by atoms with Gasteiger partial charge in [0.15, 0.2) is 5.82 Å². The second kappa shape index (κ2) is 25.2. The number of phenols is 1. The molecule has 0 radical (unpaired) electrons. The number of amidine groups is 1. The molecule has 1 aromatic heterocycles. The number of allylic oxidation sites excluding steroid dienone is 21. The lowest BCUT2D eigenvalue weighted by atomic mass is 9.58. The van der Waals surface area contributed by atoms with Crippen LogP contribution in [0.25, 0.3) is 17.0 Å². The Morgan fingerprint density at radius 1 is 0.688 bits per heavy atom. The van der Waals surface area contributed by atoms with E-state index in [9.17, 15) is 10.2 Å². The van der Waals surface area contributed by atoms with Crippen LogP contribution in [-0.4, -0.2) is 38.7 Å². The second-order valence-corrected chi connectivity index (χ2v) is 29.2. The third kappa shape index (κ3) is 10.2. The lowest BCUT2D eigenvalue weighted by Gasteiger charge is -2.44. The quantitative estimate of drug-likeness (QED) is 0.0803. The summed E-state index contributed by atoms with van der Waals surface area (Å²) in [7, 11) is 0. The van der Waals surface area contributed by atoms with E-state index >= 15 is 0 Å². The Morgan fingerprint density at radius 2 is 1.47 bits per heavy atom. The normalized spacial score (nSPS) is 30.4. The highest BCUT2D eigenvalue weighted by molar-refractivity contribution is 6.00. The van der Waals surface area contributed by atoms with Gasteiger partial charge in [0.05, 0.1) is 29.7 Å². The van der Waals surface area contributed by atoms with Gasteiger partial charge in [0, 0.05) is 64.6 Å². The number of aromatic hydroxyl groups is 1. The number of benzene rings is 3. The molecule has 0 fully saturated rings. The van der Waals surface area contributed by atoms with Crippen LogP contribution < -0.4 is 10.1 Å². The summed E-state index contributed by atoms with van der Waals surface area (Å²) in [5.41, 5.74) is 18.6. The van der Waals surface area contributed by atoms with E-state index in [-0.39, 0.29) is 34.6 Å². The predicted octanol–water partition coefficient (Wildman–Crippen LogP) is 20.3. The molecule has 3 N–H and O–H groups in total. The average molecular weight is 1240 g/mol. The van der Waals surface area contributed by atoms with E-state index in [0.29, 0.717) is 89.3 Å². The summed E-state index contributed by atoms with van der Waals surface area (Å²) in [6, 6.07) is 26.4. The summed E-state index contributed by atoms with van der Waals surface area (Å²) < 4.78 is 14.0. The Bertz CT molecular complexity index is 4040. The molecule has 2 spiro atoms. The number of ether oxygens (including phenoxy) is 2. The average Bonchev–Trinajstić information content (AvgIpc) is 1.52. The second-order valence-electron chi connectivity index (χ2n) is 29.2. The number of hydrogen-bond acceptors (Lipinski definition) is 8. The summed E-state index contributed by atoms with van der Waals surface area (Å²) in [6.45, 7) is 7.47. The first-order chi connectivity index (χ1) is 45.8. The maximum atomic E-state index is 11.4. The Hall–Kier alpha value is -7.71. The number of aliphatic hydroxyl groups is 1. The predicted molar refractivity (Wildman–Crippen MR) is 376 cm³/mol. The first-order valence-corrected chi connectivity index (χ1v) is 36.4. The third-order valence-corrected chi connectivity index (χ3v) is 24.5. The van der Waals surface area contributed by atoms with Gasteiger partial charge in [0.2, 0.25) is 11.8 Å². The van der Waals surface area contributed by atoms with E-state index < -0.39 is 0 Å². The van der Waals surface area contributed by atoms with Gasteiger partial charge in [-0.2, -0.15) is 9.98 Å². The Labute approximate surface area is 552 Å². The lowest BCUT2D eigenvalue weighted by molar-refractivity contribution is 0.152. The van der Waals surface area contributed by atoms with E-state index in [4.69, 9.17) is 24.4 Å². The molecule has 0 amide bonds. The van der Waals surface area contributed by atoms with Crippen LogP contribution in [0.15, 0.2) is 214 Å². The molecule has 0 saturated heterocycles. The van der Waals surface area contributed by atoms with E-state index in [2.05, 4.69) is 166 Å². The minimum atomic E-state index is -0.164. The molecule has 3 aromatic carbocycles. The zero-order chi connectivity index (χ0) is 62.8. The fraction of sp³-hybridized carbons (Fsp3) is 0.447. The van der Waals surface area contributed by atoms with Gasteiger partial charge in [-0.3, -0.25) is 0 Å². The molecule has 12 aliphatic rings. The van der Waals surface area contributed by atoms with Crippen molar-refractivity contribution in [3.05, 3.63) is 243 Å². The summed E-state index contributed by atoms with van der Waals surface area (Å²) in [4.78, 5) is 15.7. The molecule has 4 aromatic rings. The van der Waals surface area contributed by atoms with Crippen LogP contribution in [-0.2, 0) is 15.6 Å². The highest BCUT2D eigenvalue weighted by Gasteiger charge is 2.64. The maximum Gasteiger partial charge on any atom is 0.217 e. The molecule has 0 bridgehead atoms. The Balaban J connectivity index is 0.716. The minimum Gasteiger partial charge on any atom is -0.512 e. The zero-order valence-electron chi connectivity index (χ0n) is 55.0. The van der Waals surface area contributed by atoms with E-state index in [0.717, 1.165) is 126 Å². The number of aromatic nitrogens is 2. The van der Waals surface area contributed by atoms with Gasteiger partial charge in [0.1, 0.15) is 17.7 Å². The van der Waals surface area contributed by atoms with E-state index in [1.807, 2.05) is 18.2 Å².